The fraction of sp³-hybridized carbons (Fsp3) is 0.320. The molecule has 2 heterocycles. The van der Waals surface area contributed by atoms with E-state index in [2.05, 4.69) is 30.3 Å². The van der Waals surface area contributed by atoms with Gasteiger partial charge in [-0.25, -0.2) is 0 Å². The number of fused-ring (bicyclic) bond motifs is 1. The fourth-order valence-electron chi connectivity index (χ4n) is 4.74. The van der Waals surface area contributed by atoms with E-state index in [1.165, 1.54) is 16.0 Å². The zero-order chi connectivity index (χ0) is 20.7. The van der Waals surface area contributed by atoms with Crippen LogP contribution in [0.2, 0.25) is 0 Å². The summed E-state index contributed by atoms with van der Waals surface area (Å²) in [6.07, 6.45) is 0.969. The number of carbonyl (C=O) groups is 1. The van der Waals surface area contributed by atoms with Crippen LogP contribution in [0.15, 0.2) is 48.5 Å². The lowest BCUT2D eigenvalue weighted by molar-refractivity contribution is -0.914. The van der Waals surface area contributed by atoms with Crippen LogP contribution < -0.4 is 19.3 Å². The molecule has 0 saturated carbocycles. The van der Waals surface area contributed by atoms with Gasteiger partial charge in [-0.05, 0) is 49.1 Å². The van der Waals surface area contributed by atoms with Crippen LogP contribution in [-0.2, 0) is 13.0 Å². The minimum absolute atomic E-state index is 0.113. The Morgan fingerprint density at radius 2 is 1.67 bits per heavy atom. The first kappa shape index (κ1) is 18.9. The molecular formula is C25H27N2O3+. The smallest absolute Gasteiger partial charge is 0.263 e. The third-order valence-corrected chi connectivity index (χ3v) is 6.08. The van der Waals surface area contributed by atoms with Gasteiger partial charge in [0, 0.05) is 17.4 Å². The van der Waals surface area contributed by atoms with Crippen LogP contribution in [-0.4, -0.2) is 32.3 Å². The molecule has 1 unspecified atom stereocenters. The van der Waals surface area contributed by atoms with Gasteiger partial charge >= 0.3 is 0 Å². The van der Waals surface area contributed by atoms with Crippen molar-refractivity contribution in [2.24, 2.45) is 0 Å². The van der Waals surface area contributed by atoms with Gasteiger partial charge in [-0.1, -0.05) is 24.3 Å². The van der Waals surface area contributed by atoms with Crippen LogP contribution >= 0.6 is 0 Å². The molecule has 30 heavy (non-hydrogen) atoms. The number of benzene rings is 3. The molecule has 1 amide bonds. The molecular weight excluding hydrogens is 376 g/mol. The lowest BCUT2D eigenvalue weighted by Gasteiger charge is -2.30. The van der Waals surface area contributed by atoms with Crippen molar-refractivity contribution < 1.29 is 19.2 Å². The van der Waals surface area contributed by atoms with E-state index < -0.39 is 0 Å². The van der Waals surface area contributed by atoms with E-state index in [9.17, 15) is 4.79 Å². The molecule has 3 aromatic rings. The fourth-order valence-corrected chi connectivity index (χ4v) is 4.74. The van der Waals surface area contributed by atoms with Crippen molar-refractivity contribution in [1.29, 1.82) is 0 Å². The number of hydrogen-bond donors (Lipinski definition) is 1. The second kappa shape index (κ2) is 7.65. The molecule has 5 rings (SSSR count). The quantitative estimate of drug-likeness (QED) is 0.687. The molecule has 0 aliphatic carbocycles. The Balaban J connectivity index is 1.40. The van der Waals surface area contributed by atoms with E-state index in [0.717, 1.165) is 53.0 Å². The molecule has 154 valence electrons. The highest BCUT2D eigenvalue weighted by atomic mass is 16.5. The van der Waals surface area contributed by atoms with E-state index in [1.807, 2.05) is 36.9 Å². The summed E-state index contributed by atoms with van der Waals surface area (Å²) in [6.45, 7) is 7.75. The second-order valence-corrected chi connectivity index (χ2v) is 7.93. The van der Waals surface area contributed by atoms with Crippen molar-refractivity contribution in [3.8, 4) is 11.5 Å². The summed E-state index contributed by atoms with van der Waals surface area (Å²) in [5.41, 5.74) is 4.46. The van der Waals surface area contributed by atoms with Gasteiger partial charge in [-0.15, -0.1) is 0 Å². The molecule has 0 aromatic heterocycles. The first-order valence-electron chi connectivity index (χ1n) is 10.8. The zero-order valence-corrected chi connectivity index (χ0v) is 17.5. The minimum atomic E-state index is 0.113. The molecule has 2 aliphatic heterocycles. The van der Waals surface area contributed by atoms with Crippen molar-refractivity contribution in [1.82, 2.24) is 0 Å². The Morgan fingerprint density at radius 1 is 0.967 bits per heavy atom. The lowest BCUT2D eigenvalue weighted by atomic mass is 9.99. The van der Waals surface area contributed by atoms with Gasteiger partial charge in [-0.2, -0.15) is 0 Å². The summed E-state index contributed by atoms with van der Waals surface area (Å²) in [5, 5.41) is 2.21. The summed E-state index contributed by atoms with van der Waals surface area (Å²) in [4.78, 5) is 16.5. The second-order valence-electron chi connectivity index (χ2n) is 7.93. The zero-order valence-electron chi connectivity index (χ0n) is 17.5. The molecule has 2 aliphatic rings. The first-order chi connectivity index (χ1) is 14.7. The molecule has 3 aromatic carbocycles. The van der Waals surface area contributed by atoms with Crippen molar-refractivity contribution in [3.05, 3.63) is 65.2 Å². The van der Waals surface area contributed by atoms with E-state index in [0.29, 0.717) is 19.9 Å². The topological polar surface area (TPSA) is 43.2 Å². The molecule has 5 nitrogen and oxygen atoms in total. The van der Waals surface area contributed by atoms with Gasteiger partial charge in [-0.3, -0.25) is 9.69 Å². The largest absolute Gasteiger partial charge is 0.490 e. The van der Waals surface area contributed by atoms with Gasteiger partial charge in [0.1, 0.15) is 6.54 Å². The van der Waals surface area contributed by atoms with Crippen LogP contribution in [0.3, 0.4) is 0 Å². The molecule has 1 atom stereocenters. The summed E-state index contributed by atoms with van der Waals surface area (Å²) >= 11 is 0. The number of nitrogens with one attached hydrogen (secondary N) is 1. The summed E-state index contributed by atoms with van der Waals surface area (Å²) in [5.74, 6) is 1.76. The Hall–Kier alpha value is -3.05. The number of carbonyl (C=O) groups excluding carboxylic acids is 1. The van der Waals surface area contributed by atoms with Gasteiger partial charge in [0.05, 0.1) is 31.0 Å². The number of quaternary nitrogens is 1. The van der Waals surface area contributed by atoms with Crippen molar-refractivity contribution in [3.63, 3.8) is 0 Å². The first-order valence-corrected chi connectivity index (χ1v) is 10.8. The monoisotopic (exact) mass is 403 g/mol. The maximum Gasteiger partial charge on any atom is 0.263 e. The third kappa shape index (κ3) is 3.10. The van der Waals surface area contributed by atoms with Crippen molar-refractivity contribution >= 4 is 22.4 Å². The summed E-state index contributed by atoms with van der Waals surface area (Å²) in [6, 6.07) is 16.4. The van der Waals surface area contributed by atoms with Crippen LogP contribution in [0, 0.1) is 0 Å². The Kier molecular flexibility index (Phi) is 4.83. The number of ether oxygens (including phenoxy) is 2. The summed E-state index contributed by atoms with van der Waals surface area (Å²) < 4.78 is 11.6. The molecule has 0 bridgehead atoms. The third-order valence-electron chi connectivity index (χ3n) is 6.08. The van der Waals surface area contributed by atoms with Gasteiger partial charge < -0.3 is 14.4 Å². The average molecular weight is 404 g/mol. The lowest BCUT2D eigenvalue weighted by Crippen LogP contribution is -3.13. The van der Waals surface area contributed by atoms with Crippen molar-refractivity contribution in [2.75, 3.05) is 31.3 Å². The van der Waals surface area contributed by atoms with Gasteiger partial charge in [0.2, 0.25) is 0 Å². The Labute approximate surface area is 176 Å². The number of rotatable bonds is 6. The molecule has 0 fully saturated rings. The molecule has 0 saturated heterocycles. The van der Waals surface area contributed by atoms with Gasteiger partial charge in [0.25, 0.3) is 5.91 Å². The normalized spacial score (nSPS) is 17.3. The van der Waals surface area contributed by atoms with Crippen LogP contribution in [0.25, 0.3) is 10.8 Å². The Morgan fingerprint density at radius 3 is 2.40 bits per heavy atom. The molecule has 0 radical (unpaired) electrons. The predicted molar refractivity (Wildman–Crippen MR) is 118 cm³/mol. The van der Waals surface area contributed by atoms with Gasteiger partial charge in [0.15, 0.2) is 18.2 Å². The maximum atomic E-state index is 13.1. The highest BCUT2D eigenvalue weighted by Gasteiger charge is 2.33. The van der Waals surface area contributed by atoms with E-state index in [1.54, 1.807) is 0 Å². The van der Waals surface area contributed by atoms with Crippen LogP contribution in [0.4, 0.5) is 5.69 Å². The number of hydrogen-bond acceptors (Lipinski definition) is 3. The van der Waals surface area contributed by atoms with Crippen LogP contribution in [0.5, 0.6) is 11.5 Å². The minimum Gasteiger partial charge on any atom is -0.490 e. The van der Waals surface area contributed by atoms with E-state index in [-0.39, 0.29) is 5.91 Å². The van der Waals surface area contributed by atoms with Crippen LogP contribution in [0.1, 0.15) is 35.3 Å². The average Bonchev–Trinajstić information content (AvgIpc) is 3.03. The SMILES string of the molecule is CCOc1cc2c(cc1OCC)C[NH+](CN1C(=O)c3cccc4cccc1c34)CC2. The van der Waals surface area contributed by atoms with Crippen molar-refractivity contribution in [2.45, 2.75) is 26.8 Å². The Bertz CT molecular complexity index is 1120. The van der Waals surface area contributed by atoms with E-state index >= 15 is 0 Å². The predicted octanol–water partition coefficient (Wildman–Crippen LogP) is 3.20. The number of anilines is 1. The maximum absolute atomic E-state index is 13.1. The standard InChI is InChI=1S/C25H26N2O3/c1-3-29-22-13-18-11-12-26(15-19(18)14-23(22)30-4-2)16-27-21-10-6-8-17-7-5-9-20(24(17)21)25(27)28/h5-10,13-14H,3-4,11-12,15-16H2,1-2H3/p+1. The number of nitrogens with zero attached hydrogens (tertiary/aromatic N) is 1. The summed E-state index contributed by atoms with van der Waals surface area (Å²) in [7, 11) is 0. The molecule has 5 heteroatoms. The highest BCUT2D eigenvalue weighted by molar-refractivity contribution is 6.24. The molecule has 1 N–H and O–H groups in total. The molecule has 0 spiro atoms. The van der Waals surface area contributed by atoms with E-state index in [4.69, 9.17) is 9.47 Å². The number of amides is 1. The highest BCUT2D eigenvalue weighted by Crippen LogP contribution is 2.37.